The van der Waals surface area contributed by atoms with Gasteiger partial charge in [-0.25, -0.2) is 0 Å². The number of carboxylic acids is 1. The fraction of sp³-hybridized carbons (Fsp3) is 0.190. The lowest BCUT2D eigenvalue weighted by Crippen LogP contribution is -2.29. The zero-order chi connectivity index (χ0) is 19.4. The Morgan fingerprint density at radius 3 is 2.74 bits per heavy atom. The molecule has 2 aromatic carbocycles. The van der Waals surface area contributed by atoms with E-state index in [4.69, 9.17) is 17.3 Å². The normalized spacial score (nSPS) is 15.6. The fourth-order valence-electron chi connectivity index (χ4n) is 2.93. The van der Waals surface area contributed by atoms with E-state index in [-0.39, 0.29) is 12.3 Å². The van der Waals surface area contributed by atoms with Gasteiger partial charge in [-0.15, -0.1) is 0 Å². The second kappa shape index (κ2) is 8.50. The van der Waals surface area contributed by atoms with Crippen molar-refractivity contribution in [2.24, 2.45) is 0 Å². The Balaban J connectivity index is 1.80. The largest absolute Gasteiger partial charge is 0.481 e. The van der Waals surface area contributed by atoms with Gasteiger partial charge in [0, 0.05) is 13.0 Å². The predicted octanol–water partition coefficient (Wildman–Crippen LogP) is 4.73. The van der Waals surface area contributed by atoms with Crippen LogP contribution in [-0.2, 0) is 9.59 Å². The van der Waals surface area contributed by atoms with Crippen molar-refractivity contribution in [2.45, 2.75) is 19.8 Å². The van der Waals surface area contributed by atoms with Crippen molar-refractivity contribution >= 4 is 46.3 Å². The van der Waals surface area contributed by atoms with E-state index in [2.05, 4.69) is 31.2 Å². The average molecular weight is 398 g/mol. The number of thiocarbonyl (C=S) groups is 1. The number of aryl methyl sites for hydroxylation is 1. The van der Waals surface area contributed by atoms with E-state index in [0.29, 0.717) is 22.2 Å². The first-order valence-electron chi connectivity index (χ1n) is 8.59. The number of rotatable bonds is 6. The second-order valence-electron chi connectivity index (χ2n) is 6.27. The quantitative estimate of drug-likeness (QED) is 0.564. The maximum absolute atomic E-state index is 12.6. The van der Waals surface area contributed by atoms with Gasteiger partial charge in [-0.1, -0.05) is 66.4 Å². The highest BCUT2D eigenvalue weighted by atomic mass is 32.2. The van der Waals surface area contributed by atoms with E-state index in [0.717, 1.165) is 16.7 Å². The molecule has 1 N–H and O–H groups in total. The number of benzene rings is 2. The predicted molar refractivity (Wildman–Crippen MR) is 113 cm³/mol. The number of carbonyl (C=O) groups is 2. The van der Waals surface area contributed by atoms with Crippen LogP contribution in [0.25, 0.3) is 17.2 Å². The highest BCUT2D eigenvalue weighted by molar-refractivity contribution is 8.26. The molecule has 0 radical (unpaired) electrons. The van der Waals surface area contributed by atoms with Crippen LogP contribution in [0.1, 0.15) is 24.0 Å². The van der Waals surface area contributed by atoms with Crippen LogP contribution in [-0.4, -0.2) is 32.7 Å². The van der Waals surface area contributed by atoms with Gasteiger partial charge in [-0.3, -0.25) is 14.5 Å². The molecule has 0 atom stereocenters. The molecular weight excluding hydrogens is 378 g/mol. The third-order valence-electron chi connectivity index (χ3n) is 4.29. The molecule has 0 aliphatic carbocycles. The van der Waals surface area contributed by atoms with Crippen LogP contribution in [0.4, 0.5) is 0 Å². The van der Waals surface area contributed by atoms with Crippen molar-refractivity contribution in [3.05, 3.63) is 64.6 Å². The molecule has 1 heterocycles. The molecule has 1 aliphatic heterocycles. The number of carbonyl (C=O) groups excluding carboxylic acids is 1. The minimum absolute atomic E-state index is 0.0224. The Morgan fingerprint density at radius 2 is 2.00 bits per heavy atom. The number of hydrogen-bond donors (Lipinski definition) is 1. The third kappa shape index (κ3) is 4.64. The first-order valence-corrected chi connectivity index (χ1v) is 9.81. The number of amides is 1. The Hall–Kier alpha value is -2.44. The molecule has 2 aromatic rings. The Kier molecular flexibility index (Phi) is 6.08. The maximum atomic E-state index is 12.6. The number of carboxylic acid groups (broad SMARTS) is 1. The molecular formula is C21H19NO3S2. The molecule has 0 spiro atoms. The summed E-state index contributed by atoms with van der Waals surface area (Å²) in [6.45, 7) is 2.40. The molecule has 1 amide bonds. The smallest absolute Gasteiger partial charge is 0.303 e. The third-order valence-corrected chi connectivity index (χ3v) is 5.66. The Morgan fingerprint density at radius 1 is 1.22 bits per heavy atom. The molecule has 0 unspecified atom stereocenters. The highest BCUT2D eigenvalue weighted by Gasteiger charge is 2.31. The molecule has 27 heavy (non-hydrogen) atoms. The van der Waals surface area contributed by atoms with Gasteiger partial charge < -0.3 is 5.11 Å². The van der Waals surface area contributed by atoms with Gasteiger partial charge in [-0.05, 0) is 47.7 Å². The van der Waals surface area contributed by atoms with E-state index < -0.39 is 5.97 Å². The van der Waals surface area contributed by atoms with E-state index in [1.54, 1.807) is 0 Å². The standard InChI is InChI=1S/C21H19NO3S2/c1-14-6-2-3-9-17(14)16-8-4-7-15(12-16)13-18-20(25)22(21(26)27-18)11-5-10-19(23)24/h2-4,6-9,12-13H,5,10-11H2,1H3,(H,23,24)/b18-13-. The number of thioether (sulfide) groups is 1. The first-order chi connectivity index (χ1) is 13.0. The van der Waals surface area contributed by atoms with Crippen molar-refractivity contribution in [3.8, 4) is 11.1 Å². The molecule has 1 saturated heterocycles. The van der Waals surface area contributed by atoms with E-state index in [9.17, 15) is 9.59 Å². The molecule has 0 aromatic heterocycles. The molecule has 4 nitrogen and oxygen atoms in total. The van der Waals surface area contributed by atoms with E-state index in [1.807, 2.05) is 30.3 Å². The van der Waals surface area contributed by atoms with Gasteiger partial charge in [0.2, 0.25) is 0 Å². The van der Waals surface area contributed by atoms with Gasteiger partial charge in [0.25, 0.3) is 5.91 Å². The van der Waals surface area contributed by atoms with Crippen LogP contribution >= 0.6 is 24.0 Å². The van der Waals surface area contributed by atoms with Crippen molar-refractivity contribution in [2.75, 3.05) is 6.54 Å². The SMILES string of the molecule is Cc1ccccc1-c1cccc(/C=C2\SC(=S)N(CCCC(=O)O)C2=O)c1. The lowest BCUT2D eigenvalue weighted by molar-refractivity contribution is -0.137. The average Bonchev–Trinajstić information content (AvgIpc) is 2.89. The van der Waals surface area contributed by atoms with Crippen molar-refractivity contribution in [3.63, 3.8) is 0 Å². The van der Waals surface area contributed by atoms with Gasteiger partial charge in [0.05, 0.1) is 4.91 Å². The van der Waals surface area contributed by atoms with Crippen LogP contribution in [0.2, 0.25) is 0 Å². The van der Waals surface area contributed by atoms with Gasteiger partial charge in [0.15, 0.2) is 0 Å². The minimum atomic E-state index is -0.871. The summed E-state index contributed by atoms with van der Waals surface area (Å²) in [6, 6.07) is 16.2. The molecule has 1 aliphatic rings. The van der Waals surface area contributed by atoms with Gasteiger partial charge in [-0.2, -0.15) is 0 Å². The summed E-state index contributed by atoms with van der Waals surface area (Å²) in [7, 11) is 0. The lowest BCUT2D eigenvalue weighted by Gasteiger charge is -2.13. The van der Waals surface area contributed by atoms with Crippen molar-refractivity contribution < 1.29 is 14.7 Å². The van der Waals surface area contributed by atoms with E-state index in [1.165, 1.54) is 22.2 Å². The fourth-order valence-corrected chi connectivity index (χ4v) is 4.23. The number of hydrogen-bond acceptors (Lipinski definition) is 4. The lowest BCUT2D eigenvalue weighted by atomic mass is 9.99. The second-order valence-corrected chi connectivity index (χ2v) is 7.95. The summed E-state index contributed by atoms with van der Waals surface area (Å²) in [6.07, 6.45) is 2.25. The summed E-state index contributed by atoms with van der Waals surface area (Å²) in [5.41, 5.74) is 4.38. The topological polar surface area (TPSA) is 57.6 Å². The van der Waals surface area contributed by atoms with Gasteiger partial charge in [0.1, 0.15) is 4.32 Å². The molecule has 6 heteroatoms. The summed E-state index contributed by atoms with van der Waals surface area (Å²) in [5.74, 6) is -1.03. The summed E-state index contributed by atoms with van der Waals surface area (Å²) in [5, 5.41) is 8.75. The zero-order valence-electron chi connectivity index (χ0n) is 14.8. The zero-order valence-corrected chi connectivity index (χ0v) is 16.5. The minimum Gasteiger partial charge on any atom is -0.481 e. The summed E-state index contributed by atoms with van der Waals surface area (Å²) < 4.78 is 0.478. The van der Waals surface area contributed by atoms with Crippen LogP contribution in [0.3, 0.4) is 0 Å². The van der Waals surface area contributed by atoms with Crippen LogP contribution < -0.4 is 0 Å². The number of nitrogens with zero attached hydrogens (tertiary/aromatic N) is 1. The maximum Gasteiger partial charge on any atom is 0.303 e. The van der Waals surface area contributed by atoms with Crippen LogP contribution in [0, 0.1) is 6.92 Å². The molecule has 0 saturated carbocycles. The highest BCUT2D eigenvalue weighted by Crippen LogP contribution is 2.33. The molecule has 3 rings (SSSR count). The molecule has 0 bridgehead atoms. The molecule has 1 fully saturated rings. The first kappa shape index (κ1) is 19.3. The molecule has 138 valence electrons. The van der Waals surface area contributed by atoms with E-state index >= 15 is 0 Å². The monoisotopic (exact) mass is 397 g/mol. The Bertz CT molecular complexity index is 937. The van der Waals surface area contributed by atoms with Crippen LogP contribution in [0.15, 0.2) is 53.4 Å². The number of aliphatic carboxylic acids is 1. The van der Waals surface area contributed by atoms with Gasteiger partial charge >= 0.3 is 5.97 Å². The van der Waals surface area contributed by atoms with Crippen LogP contribution in [0.5, 0.6) is 0 Å². The summed E-state index contributed by atoms with van der Waals surface area (Å²) in [4.78, 5) is 25.3. The van der Waals surface area contributed by atoms with Crippen molar-refractivity contribution in [1.82, 2.24) is 4.90 Å². The summed E-state index contributed by atoms with van der Waals surface area (Å²) >= 11 is 6.55. The Labute approximate surface area is 167 Å². The van der Waals surface area contributed by atoms with Crippen molar-refractivity contribution in [1.29, 1.82) is 0 Å².